The average molecular weight is 350 g/mol. The van der Waals surface area contributed by atoms with Crippen molar-refractivity contribution in [2.75, 3.05) is 17.3 Å². The molecule has 2 aromatic rings. The van der Waals surface area contributed by atoms with E-state index in [2.05, 4.69) is 70.0 Å². The van der Waals surface area contributed by atoms with Crippen LogP contribution in [0.25, 0.3) is 0 Å². The number of rotatable bonds is 5. The van der Waals surface area contributed by atoms with Gasteiger partial charge in [-0.05, 0) is 66.3 Å². The third-order valence-corrected chi connectivity index (χ3v) is 6.01. The fourth-order valence-corrected chi connectivity index (χ4v) is 4.55. The van der Waals surface area contributed by atoms with Gasteiger partial charge in [0.25, 0.3) is 0 Å². The van der Waals surface area contributed by atoms with E-state index in [1.165, 1.54) is 41.6 Å². The summed E-state index contributed by atoms with van der Waals surface area (Å²) in [5.41, 5.74) is 5.64. The second kappa shape index (κ2) is 7.36. The van der Waals surface area contributed by atoms with Crippen molar-refractivity contribution in [2.24, 2.45) is 0 Å². The lowest BCUT2D eigenvalue weighted by atomic mass is 10.1. The highest BCUT2D eigenvalue weighted by Crippen LogP contribution is 2.33. The van der Waals surface area contributed by atoms with Gasteiger partial charge >= 0.3 is 0 Å². The minimum atomic E-state index is 0.315. The van der Waals surface area contributed by atoms with E-state index in [0.29, 0.717) is 5.37 Å². The first-order valence-corrected chi connectivity index (χ1v) is 9.88. The van der Waals surface area contributed by atoms with Gasteiger partial charge in [0.1, 0.15) is 5.82 Å². The molecule has 0 bridgehead atoms. The molecule has 0 radical (unpaired) electrons. The first-order valence-electron chi connectivity index (χ1n) is 8.83. The molecule has 1 aromatic heterocycles. The second-order valence-corrected chi connectivity index (χ2v) is 7.55. The van der Waals surface area contributed by atoms with E-state index in [4.69, 9.17) is 0 Å². The zero-order valence-electron chi connectivity index (χ0n) is 14.5. The summed E-state index contributed by atoms with van der Waals surface area (Å²) in [5.74, 6) is 1.88. The molecule has 3 nitrogen and oxygen atoms in total. The Labute approximate surface area is 153 Å². The maximum atomic E-state index is 4.29. The van der Waals surface area contributed by atoms with Crippen molar-refractivity contribution < 1.29 is 0 Å². The molecular formula is C21H23N3S. The fraction of sp³-hybridized carbons (Fsp3) is 0.286. The van der Waals surface area contributed by atoms with Crippen LogP contribution in [0.4, 0.5) is 11.5 Å². The van der Waals surface area contributed by atoms with Crippen LogP contribution in [0, 0.1) is 0 Å². The first kappa shape index (κ1) is 16.3. The van der Waals surface area contributed by atoms with Crippen LogP contribution in [0.15, 0.2) is 61.0 Å². The van der Waals surface area contributed by atoms with Crippen LogP contribution in [0.2, 0.25) is 0 Å². The van der Waals surface area contributed by atoms with Crippen LogP contribution in [0.5, 0.6) is 0 Å². The predicted octanol–water partition coefficient (Wildman–Crippen LogP) is 4.76. The van der Waals surface area contributed by atoms with Crippen molar-refractivity contribution in [3.8, 4) is 0 Å². The molecule has 0 amide bonds. The number of fused-ring (bicyclic) bond motifs is 1. The number of benzene rings is 1. The maximum absolute atomic E-state index is 4.29. The number of hydrogen-bond donors (Lipinski definition) is 1. The third-order valence-electron chi connectivity index (χ3n) is 4.79. The lowest BCUT2D eigenvalue weighted by Crippen LogP contribution is -2.27. The Morgan fingerprint density at radius 2 is 2.08 bits per heavy atom. The molecule has 1 aliphatic heterocycles. The summed E-state index contributed by atoms with van der Waals surface area (Å²) in [6.45, 7) is 0. The van der Waals surface area contributed by atoms with Crippen LogP contribution >= 0.6 is 11.8 Å². The highest BCUT2D eigenvalue weighted by molar-refractivity contribution is 7.99. The van der Waals surface area contributed by atoms with Gasteiger partial charge in [-0.25, -0.2) is 4.98 Å². The van der Waals surface area contributed by atoms with Gasteiger partial charge in [0.05, 0.1) is 5.37 Å². The van der Waals surface area contributed by atoms with Crippen LogP contribution in [0.1, 0.15) is 23.1 Å². The lowest BCUT2D eigenvalue weighted by molar-refractivity contribution is 0.911. The summed E-state index contributed by atoms with van der Waals surface area (Å²) >= 11 is 1.94. The molecule has 1 unspecified atom stereocenters. The summed E-state index contributed by atoms with van der Waals surface area (Å²) in [6, 6.07) is 11.2. The van der Waals surface area contributed by atoms with E-state index >= 15 is 0 Å². The largest absolute Gasteiger partial charge is 0.373 e. The summed E-state index contributed by atoms with van der Waals surface area (Å²) in [5, 5.41) is 3.42. The Morgan fingerprint density at radius 1 is 1.16 bits per heavy atom. The van der Waals surface area contributed by atoms with Crippen molar-refractivity contribution >= 4 is 23.3 Å². The van der Waals surface area contributed by atoms with Crippen LogP contribution in [-0.2, 0) is 18.6 Å². The van der Waals surface area contributed by atoms with Gasteiger partial charge in [0.2, 0.25) is 0 Å². The smallest absolute Gasteiger partial charge is 0.125 e. The summed E-state index contributed by atoms with van der Waals surface area (Å²) in [6.07, 6.45) is 14.4. The monoisotopic (exact) mass is 349 g/mol. The van der Waals surface area contributed by atoms with Crippen molar-refractivity contribution in [1.29, 1.82) is 0 Å². The molecular weight excluding hydrogens is 326 g/mol. The van der Waals surface area contributed by atoms with E-state index in [9.17, 15) is 0 Å². The number of thioether (sulfide) groups is 1. The highest BCUT2D eigenvalue weighted by atomic mass is 32.2. The minimum absolute atomic E-state index is 0.315. The molecule has 2 heterocycles. The minimum Gasteiger partial charge on any atom is -0.373 e. The molecule has 4 rings (SSSR count). The normalized spacial score (nSPS) is 18.4. The Kier molecular flexibility index (Phi) is 4.79. The zero-order chi connectivity index (χ0) is 17.1. The molecule has 1 atom stereocenters. The lowest BCUT2D eigenvalue weighted by Gasteiger charge is -2.30. The van der Waals surface area contributed by atoms with Crippen LogP contribution < -0.4 is 10.2 Å². The van der Waals surface area contributed by atoms with Gasteiger partial charge in [-0.15, -0.1) is 11.8 Å². The average Bonchev–Trinajstić information content (AvgIpc) is 3.14. The summed E-state index contributed by atoms with van der Waals surface area (Å²) in [7, 11) is 1.91. The number of nitrogens with one attached hydrogen (secondary N) is 1. The van der Waals surface area contributed by atoms with Crippen molar-refractivity contribution in [1.82, 2.24) is 4.98 Å². The number of nitrogens with zero attached hydrogens (tertiary/aromatic N) is 2. The van der Waals surface area contributed by atoms with Crippen molar-refractivity contribution in [2.45, 2.75) is 30.4 Å². The zero-order valence-corrected chi connectivity index (χ0v) is 15.3. The number of aromatic nitrogens is 1. The van der Waals surface area contributed by atoms with Crippen LogP contribution in [0.3, 0.4) is 0 Å². The molecule has 1 N–H and O–H groups in total. The number of hydrogen-bond acceptors (Lipinski definition) is 4. The number of allylic oxidation sites excluding steroid dienone is 2. The predicted molar refractivity (Wildman–Crippen MR) is 108 cm³/mol. The molecule has 0 saturated carbocycles. The van der Waals surface area contributed by atoms with E-state index < -0.39 is 0 Å². The molecule has 128 valence electrons. The molecule has 0 fully saturated rings. The van der Waals surface area contributed by atoms with Gasteiger partial charge in [-0.1, -0.05) is 18.2 Å². The molecule has 4 heteroatoms. The maximum Gasteiger partial charge on any atom is 0.125 e. The topological polar surface area (TPSA) is 28.2 Å². The third kappa shape index (κ3) is 3.59. The molecule has 1 aliphatic carbocycles. The Hall–Kier alpha value is -2.20. The molecule has 25 heavy (non-hydrogen) atoms. The standard InChI is InChI=1S/C21H23N3S/c1-22-20-13-16(10-11-23-20)15-25-21-7-2-3-12-24(21)19-9-8-17-5-4-6-18(17)14-19/h2-3,7-14,21H,4-6,15H2,1H3,(H,22,23). The quantitative estimate of drug-likeness (QED) is 0.842. The van der Waals surface area contributed by atoms with Gasteiger partial charge in [-0.2, -0.15) is 0 Å². The number of aryl methyl sites for hydroxylation is 2. The highest BCUT2D eigenvalue weighted by Gasteiger charge is 2.19. The second-order valence-electron chi connectivity index (χ2n) is 6.44. The molecule has 0 spiro atoms. The van der Waals surface area contributed by atoms with Crippen LogP contribution in [-0.4, -0.2) is 17.4 Å². The van der Waals surface area contributed by atoms with Crippen molar-refractivity contribution in [3.63, 3.8) is 0 Å². The van der Waals surface area contributed by atoms with E-state index in [0.717, 1.165) is 11.6 Å². The van der Waals surface area contributed by atoms with Gasteiger partial charge in [0.15, 0.2) is 0 Å². The summed E-state index contributed by atoms with van der Waals surface area (Å²) < 4.78 is 0. The Morgan fingerprint density at radius 3 is 3.00 bits per heavy atom. The van der Waals surface area contributed by atoms with E-state index in [1.807, 2.05) is 25.0 Å². The number of pyridine rings is 1. The van der Waals surface area contributed by atoms with E-state index in [1.54, 1.807) is 0 Å². The number of anilines is 2. The molecule has 2 aliphatic rings. The molecule has 0 saturated heterocycles. The van der Waals surface area contributed by atoms with Gasteiger partial charge in [-0.3, -0.25) is 0 Å². The fourth-order valence-electron chi connectivity index (χ4n) is 3.45. The summed E-state index contributed by atoms with van der Waals surface area (Å²) in [4.78, 5) is 6.67. The Balaban J connectivity index is 1.49. The SMILES string of the molecule is CNc1cc(CSC2C=CC=CN2c2ccc3c(c2)CCC3)ccn1. The molecule has 1 aromatic carbocycles. The van der Waals surface area contributed by atoms with Gasteiger partial charge < -0.3 is 10.2 Å². The van der Waals surface area contributed by atoms with Crippen molar-refractivity contribution in [3.05, 3.63) is 77.6 Å². The Bertz CT molecular complexity index is 813. The van der Waals surface area contributed by atoms with Gasteiger partial charge in [0, 0.05) is 30.9 Å². The van der Waals surface area contributed by atoms with E-state index in [-0.39, 0.29) is 0 Å². The first-order chi connectivity index (χ1) is 12.3.